The fraction of sp³-hybridized carbons (Fsp3) is 0.455. The Morgan fingerprint density at radius 3 is 2.93 bits per heavy atom. The summed E-state index contributed by atoms with van der Waals surface area (Å²) < 4.78 is 13.8. The Hall–Kier alpha value is -0.600. The highest BCUT2D eigenvalue weighted by Crippen LogP contribution is 2.29. The minimum atomic E-state index is -0.156. The van der Waals surface area contributed by atoms with Crippen LogP contribution in [0.15, 0.2) is 12.1 Å². The fourth-order valence-corrected chi connectivity index (χ4v) is 2.05. The van der Waals surface area contributed by atoms with Crippen molar-refractivity contribution in [2.45, 2.75) is 25.8 Å². The summed E-state index contributed by atoms with van der Waals surface area (Å²) >= 11 is 5.83. The van der Waals surface area contributed by atoms with Crippen molar-refractivity contribution in [1.82, 2.24) is 5.32 Å². The van der Waals surface area contributed by atoms with Crippen molar-refractivity contribution in [2.24, 2.45) is 0 Å². The van der Waals surface area contributed by atoms with Crippen LogP contribution in [0.1, 0.15) is 30.0 Å². The van der Waals surface area contributed by atoms with Gasteiger partial charge in [0.25, 0.3) is 0 Å². The van der Waals surface area contributed by atoms with Crippen molar-refractivity contribution in [1.29, 1.82) is 0 Å². The topological polar surface area (TPSA) is 12.0 Å². The zero-order valence-electron chi connectivity index (χ0n) is 8.11. The zero-order chi connectivity index (χ0) is 10.1. The van der Waals surface area contributed by atoms with Crippen LogP contribution in [0, 0.1) is 12.7 Å². The summed E-state index contributed by atoms with van der Waals surface area (Å²) in [6.07, 6.45) is 2.13. The van der Waals surface area contributed by atoms with Crippen molar-refractivity contribution in [3.05, 3.63) is 34.1 Å². The Morgan fingerprint density at radius 1 is 1.50 bits per heavy atom. The van der Waals surface area contributed by atoms with Gasteiger partial charge in [-0.15, -0.1) is 0 Å². The Balaban J connectivity index is 2.38. The third-order valence-electron chi connectivity index (χ3n) is 2.79. The number of nitrogens with one attached hydrogen (secondary N) is 1. The Morgan fingerprint density at radius 2 is 2.29 bits per heavy atom. The quantitative estimate of drug-likeness (QED) is 0.756. The number of hydrogen-bond acceptors (Lipinski definition) is 1. The van der Waals surface area contributed by atoms with Gasteiger partial charge in [0, 0.05) is 22.2 Å². The zero-order valence-corrected chi connectivity index (χ0v) is 8.87. The minimum Gasteiger partial charge on any atom is -0.310 e. The molecule has 1 atom stereocenters. The van der Waals surface area contributed by atoms with Crippen LogP contribution in [0.4, 0.5) is 4.39 Å². The maximum Gasteiger partial charge on any atom is 0.132 e. The molecular weight excluding hydrogens is 201 g/mol. The number of rotatable bonds is 1. The first kappa shape index (κ1) is 9.94. The van der Waals surface area contributed by atoms with E-state index in [0.29, 0.717) is 10.6 Å². The molecule has 14 heavy (non-hydrogen) atoms. The van der Waals surface area contributed by atoms with Crippen LogP contribution in [0.2, 0.25) is 5.02 Å². The highest BCUT2D eigenvalue weighted by Gasteiger charge is 2.20. The third-order valence-corrected chi connectivity index (χ3v) is 3.20. The van der Waals surface area contributed by atoms with Gasteiger partial charge in [-0.25, -0.2) is 4.39 Å². The molecule has 0 aliphatic carbocycles. The maximum atomic E-state index is 13.8. The maximum absolute atomic E-state index is 13.8. The van der Waals surface area contributed by atoms with E-state index in [1.807, 2.05) is 0 Å². The molecule has 1 N–H and O–H groups in total. The Labute approximate surface area is 88.3 Å². The second kappa shape index (κ2) is 3.87. The molecule has 1 aromatic rings. The van der Waals surface area contributed by atoms with E-state index >= 15 is 0 Å². The van der Waals surface area contributed by atoms with Gasteiger partial charge in [-0.1, -0.05) is 17.7 Å². The lowest BCUT2D eigenvalue weighted by molar-refractivity contribution is 0.553. The Kier molecular flexibility index (Phi) is 2.75. The van der Waals surface area contributed by atoms with Crippen LogP contribution >= 0.6 is 11.6 Å². The summed E-state index contributed by atoms with van der Waals surface area (Å²) in [4.78, 5) is 0. The number of hydrogen-bond donors (Lipinski definition) is 1. The van der Waals surface area contributed by atoms with Gasteiger partial charge in [-0.2, -0.15) is 0 Å². The van der Waals surface area contributed by atoms with Gasteiger partial charge in [0.15, 0.2) is 0 Å². The summed E-state index contributed by atoms with van der Waals surface area (Å²) in [5, 5.41) is 3.78. The SMILES string of the molecule is Cc1c(Cl)ccc(C2CCCN2)c1F. The fourth-order valence-electron chi connectivity index (χ4n) is 1.90. The highest BCUT2D eigenvalue weighted by molar-refractivity contribution is 6.31. The molecule has 0 aromatic heterocycles. The van der Waals surface area contributed by atoms with E-state index in [1.54, 1.807) is 19.1 Å². The summed E-state index contributed by atoms with van der Waals surface area (Å²) in [7, 11) is 0. The lowest BCUT2D eigenvalue weighted by atomic mass is 10.0. The predicted octanol–water partition coefficient (Wildman–Crippen LogP) is 3.21. The average molecular weight is 214 g/mol. The standard InChI is InChI=1S/C11H13ClFN/c1-7-9(12)5-4-8(11(7)13)10-3-2-6-14-10/h4-5,10,14H,2-3,6H2,1H3. The predicted molar refractivity (Wildman–Crippen MR) is 56.1 cm³/mol. The molecule has 0 bridgehead atoms. The molecule has 1 heterocycles. The van der Waals surface area contributed by atoms with E-state index in [1.165, 1.54) is 0 Å². The van der Waals surface area contributed by atoms with Crippen LogP contribution in [0.3, 0.4) is 0 Å². The minimum absolute atomic E-state index is 0.156. The second-order valence-electron chi connectivity index (χ2n) is 3.72. The van der Waals surface area contributed by atoms with Crippen LogP contribution in [0.25, 0.3) is 0 Å². The van der Waals surface area contributed by atoms with Crippen molar-refractivity contribution >= 4 is 11.6 Å². The van der Waals surface area contributed by atoms with Gasteiger partial charge < -0.3 is 5.32 Å². The molecule has 0 saturated carbocycles. The normalized spacial score (nSPS) is 21.5. The van der Waals surface area contributed by atoms with Gasteiger partial charge in [-0.05, 0) is 32.4 Å². The van der Waals surface area contributed by atoms with E-state index in [0.717, 1.165) is 24.9 Å². The molecule has 2 rings (SSSR count). The second-order valence-corrected chi connectivity index (χ2v) is 4.13. The molecule has 0 amide bonds. The highest BCUT2D eigenvalue weighted by atomic mass is 35.5. The number of halogens is 2. The molecule has 1 nitrogen and oxygen atoms in total. The smallest absolute Gasteiger partial charge is 0.132 e. The van der Waals surface area contributed by atoms with Gasteiger partial charge >= 0.3 is 0 Å². The van der Waals surface area contributed by atoms with Crippen LogP contribution in [-0.4, -0.2) is 6.54 Å². The van der Waals surface area contributed by atoms with Gasteiger partial charge in [0.05, 0.1) is 0 Å². The molecule has 1 aromatic carbocycles. The molecule has 1 aliphatic heterocycles. The largest absolute Gasteiger partial charge is 0.310 e. The molecule has 1 unspecified atom stereocenters. The first-order valence-electron chi connectivity index (χ1n) is 4.88. The molecule has 76 valence electrons. The third kappa shape index (κ3) is 1.64. The van der Waals surface area contributed by atoms with Crippen molar-refractivity contribution in [2.75, 3.05) is 6.54 Å². The number of benzene rings is 1. The summed E-state index contributed by atoms with van der Waals surface area (Å²) in [6.45, 7) is 2.70. The van der Waals surface area contributed by atoms with E-state index in [4.69, 9.17) is 11.6 Å². The Bertz CT molecular complexity index is 345. The van der Waals surface area contributed by atoms with Gasteiger partial charge in [0.1, 0.15) is 5.82 Å². The lowest BCUT2D eigenvalue weighted by Gasteiger charge is -2.13. The molecule has 0 radical (unpaired) electrons. The monoisotopic (exact) mass is 213 g/mol. The summed E-state index contributed by atoms with van der Waals surface area (Å²) in [5.74, 6) is -0.156. The van der Waals surface area contributed by atoms with Crippen LogP contribution < -0.4 is 5.32 Å². The van der Waals surface area contributed by atoms with E-state index in [9.17, 15) is 4.39 Å². The first-order chi connectivity index (χ1) is 6.70. The summed E-state index contributed by atoms with van der Waals surface area (Å²) in [5.41, 5.74) is 1.31. The molecule has 1 aliphatic rings. The molecule has 1 saturated heterocycles. The van der Waals surface area contributed by atoms with E-state index < -0.39 is 0 Å². The first-order valence-corrected chi connectivity index (χ1v) is 5.26. The van der Waals surface area contributed by atoms with Crippen molar-refractivity contribution in [3.8, 4) is 0 Å². The van der Waals surface area contributed by atoms with Crippen molar-refractivity contribution < 1.29 is 4.39 Å². The lowest BCUT2D eigenvalue weighted by Crippen LogP contribution is -2.14. The summed E-state index contributed by atoms with van der Waals surface area (Å²) in [6, 6.07) is 3.73. The van der Waals surface area contributed by atoms with Gasteiger partial charge in [0.2, 0.25) is 0 Å². The molecular formula is C11H13ClFN. The average Bonchev–Trinajstić information content (AvgIpc) is 2.67. The van der Waals surface area contributed by atoms with Gasteiger partial charge in [-0.3, -0.25) is 0 Å². The molecule has 1 fully saturated rings. The molecule has 3 heteroatoms. The van der Waals surface area contributed by atoms with Crippen LogP contribution in [-0.2, 0) is 0 Å². The van der Waals surface area contributed by atoms with Crippen LogP contribution in [0.5, 0.6) is 0 Å². The van der Waals surface area contributed by atoms with E-state index in [-0.39, 0.29) is 11.9 Å². The van der Waals surface area contributed by atoms with Crippen molar-refractivity contribution in [3.63, 3.8) is 0 Å². The molecule has 0 spiro atoms. The van der Waals surface area contributed by atoms with E-state index in [2.05, 4.69) is 5.32 Å².